The molecule has 2 N–H and O–H groups in total. The summed E-state index contributed by atoms with van der Waals surface area (Å²) in [7, 11) is 0. The topological polar surface area (TPSA) is 73.7 Å². The summed E-state index contributed by atoms with van der Waals surface area (Å²) in [4.78, 5) is 18.1. The Kier molecular flexibility index (Phi) is 4.18. The van der Waals surface area contributed by atoms with Gasteiger partial charge in [0.2, 0.25) is 0 Å². The molecule has 0 radical (unpaired) electrons. The maximum atomic E-state index is 11.3. The second kappa shape index (κ2) is 6.10. The van der Waals surface area contributed by atoms with Crippen LogP contribution in [0.2, 0.25) is 5.02 Å². The van der Waals surface area contributed by atoms with Gasteiger partial charge in [0, 0.05) is 25.1 Å². The maximum absolute atomic E-state index is 11.3. The summed E-state index contributed by atoms with van der Waals surface area (Å²) in [5, 5.41) is 19.1. The highest BCUT2D eigenvalue weighted by molar-refractivity contribution is 6.35. The van der Waals surface area contributed by atoms with Crippen molar-refractivity contribution in [2.75, 3.05) is 24.6 Å². The molecule has 116 valence electrons. The van der Waals surface area contributed by atoms with Crippen LogP contribution in [-0.2, 0) is 0 Å². The van der Waals surface area contributed by atoms with E-state index in [1.807, 2.05) is 6.07 Å². The minimum atomic E-state index is -1.05. The van der Waals surface area contributed by atoms with E-state index >= 15 is 0 Å². The third kappa shape index (κ3) is 2.74. The van der Waals surface area contributed by atoms with Gasteiger partial charge in [-0.15, -0.1) is 0 Å². The van der Waals surface area contributed by atoms with E-state index in [4.69, 9.17) is 16.7 Å². The fourth-order valence-electron chi connectivity index (χ4n) is 3.02. The predicted molar refractivity (Wildman–Crippen MR) is 85.7 cm³/mol. The molecular weight excluding hydrogens is 304 g/mol. The first-order chi connectivity index (χ1) is 10.6. The van der Waals surface area contributed by atoms with Gasteiger partial charge in [0.1, 0.15) is 5.82 Å². The molecule has 0 aliphatic carbocycles. The second-order valence-corrected chi connectivity index (χ2v) is 5.98. The van der Waals surface area contributed by atoms with Gasteiger partial charge in [-0.2, -0.15) is 0 Å². The summed E-state index contributed by atoms with van der Waals surface area (Å²) < 4.78 is 0. The molecule has 2 aromatic rings. The number of carboxylic acid groups (broad SMARTS) is 1. The quantitative estimate of drug-likeness (QED) is 0.906. The Labute approximate surface area is 133 Å². The highest BCUT2D eigenvalue weighted by atomic mass is 35.5. The Morgan fingerprint density at radius 3 is 2.91 bits per heavy atom. The number of benzene rings is 1. The normalized spacial score (nSPS) is 18.1. The van der Waals surface area contributed by atoms with E-state index in [2.05, 4.69) is 9.88 Å². The molecule has 1 aromatic heterocycles. The van der Waals surface area contributed by atoms with E-state index in [-0.39, 0.29) is 17.2 Å². The number of aromatic carboxylic acids is 1. The van der Waals surface area contributed by atoms with Gasteiger partial charge in [-0.05, 0) is 43.0 Å². The monoisotopic (exact) mass is 320 g/mol. The van der Waals surface area contributed by atoms with Crippen molar-refractivity contribution in [2.24, 2.45) is 5.92 Å². The Bertz CT molecular complexity index is 720. The third-order valence-corrected chi connectivity index (χ3v) is 4.48. The number of aliphatic hydroxyl groups is 1. The van der Waals surface area contributed by atoms with E-state index in [9.17, 15) is 9.90 Å². The van der Waals surface area contributed by atoms with Crippen LogP contribution in [-0.4, -0.2) is 40.9 Å². The molecule has 1 aliphatic heterocycles. The van der Waals surface area contributed by atoms with Gasteiger partial charge in [-0.25, -0.2) is 9.78 Å². The van der Waals surface area contributed by atoms with Crippen LogP contribution in [0.1, 0.15) is 23.2 Å². The summed E-state index contributed by atoms with van der Waals surface area (Å²) in [5.41, 5.74) is 0.725. The van der Waals surface area contributed by atoms with Gasteiger partial charge in [0.25, 0.3) is 0 Å². The van der Waals surface area contributed by atoms with Crippen molar-refractivity contribution >= 4 is 34.3 Å². The van der Waals surface area contributed by atoms with Crippen LogP contribution >= 0.6 is 11.6 Å². The summed E-state index contributed by atoms with van der Waals surface area (Å²) in [6, 6.07) is 6.93. The predicted octanol–water partition coefficient (Wildman–Crippen LogP) is 2.80. The van der Waals surface area contributed by atoms with Crippen molar-refractivity contribution in [1.82, 2.24) is 4.98 Å². The molecule has 0 spiro atoms. The molecule has 5 nitrogen and oxygen atoms in total. The van der Waals surface area contributed by atoms with Crippen LogP contribution in [0.4, 0.5) is 5.82 Å². The molecular formula is C16H17ClN2O3. The molecule has 1 aliphatic rings. The standard InChI is InChI=1S/C16H17ClN2O3/c17-12-2-3-13-11(15(12)16(21)22)1-4-14(18-13)19-7-5-10(9-19)6-8-20/h1-4,10,20H,5-9H2,(H,21,22). The minimum Gasteiger partial charge on any atom is -0.478 e. The van der Waals surface area contributed by atoms with Crippen molar-refractivity contribution in [3.05, 3.63) is 34.9 Å². The largest absolute Gasteiger partial charge is 0.478 e. The van der Waals surface area contributed by atoms with E-state index in [0.29, 0.717) is 16.8 Å². The van der Waals surface area contributed by atoms with Crippen LogP contribution in [0.25, 0.3) is 10.9 Å². The highest BCUT2D eigenvalue weighted by Crippen LogP contribution is 2.29. The average molecular weight is 321 g/mol. The van der Waals surface area contributed by atoms with Crippen molar-refractivity contribution in [2.45, 2.75) is 12.8 Å². The number of rotatable bonds is 4. The number of hydrogen-bond donors (Lipinski definition) is 2. The molecule has 1 fully saturated rings. The number of carboxylic acids is 1. The number of fused-ring (bicyclic) bond motifs is 1. The molecule has 0 saturated carbocycles. The number of aliphatic hydroxyl groups excluding tert-OH is 1. The SMILES string of the molecule is O=C(O)c1c(Cl)ccc2nc(N3CCC(CCO)C3)ccc12. The third-order valence-electron chi connectivity index (χ3n) is 4.17. The Morgan fingerprint density at radius 1 is 1.36 bits per heavy atom. The smallest absolute Gasteiger partial charge is 0.337 e. The number of carbonyl (C=O) groups is 1. The molecule has 22 heavy (non-hydrogen) atoms. The molecule has 1 atom stereocenters. The molecule has 1 aromatic carbocycles. The van der Waals surface area contributed by atoms with E-state index in [1.54, 1.807) is 18.2 Å². The van der Waals surface area contributed by atoms with Crippen LogP contribution in [0.5, 0.6) is 0 Å². The summed E-state index contributed by atoms with van der Waals surface area (Å²) >= 11 is 5.98. The fraction of sp³-hybridized carbons (Fsp3) is 0.375. The fourth-order valence-corrected chi connectivity index (χ4v) is 3.26. The van der Waals surface area contributed by atoms with Crippen molar-refractivity contribution in [3.8, 4) is 0 Å². The molecule has 1 saturated heterocycles. The number of pyridine rings is 1. The lowest BCUT2D eigenvalue weighted by Gasteiger charge is -2.18. The number of hydrogen-bond acceptors (Lipinski definition) is 4. The van der Waals surface area contributed by atoms with E-state index in [0.717, 1.165) is 31.7 Å². The zero-order valence-corrected chi connectivity index (χ0v) is 12.8. The van der Waals surface area contributed by atoms with Gasteiger partial charge in [-0.1, -0.05) is 11.6 Å². The van der Waals surface area contributed by atoms with Gasteiger partial charge < -0.3 is 15.1 Å². The number of aromatic nitrogens is 1. The van der Waals surface area contributed by atoms with Crippen LogP contribution in [0.3, 0.4) is 0 Å². The lowest BCUT2D eigenvalue weighted by molar-refractivity contribution is 0.0699. The van der Waals surface area contributed by atoms with E-state index < -0.39 is 5.97 Å². The maximum Gasteiger partial charge on any atom is 0.337 e. The molecule has 3 rings (SSSR count). The first-order valence-electron chi connectivity index (χ1n) is 7.28. The average Bonchev–Trinajstić information content (AvgIpc) is 2.95. The molecule has 2 heterocycles. The lowest BCUT2D eigenvalue weighted by Crippen LogP contribution is -2.21. The molecule has 0 amide bonds. The minimum absolute atomic E-state index is 0.0952. The summed E-state index contributed by atoms with van der Waals surface area (Å²) in [5.74, 6) is 0.281. The van der Waals surface area contributed by atoms with Crippen LogP contribution < -0.4 is 4.90 Å². The molecule has 6 heteroatoms. The Hall–Kier alpha value is -1.85. The van der Waals surface area contributed by atoms with E-state index in [1.165, 1.54) is 0 Å². The zero-order valence-electron chi connectivity index (χ0n) is 12.0. The van der Waals surface area contributed by atoms with Crippen molar-refractivity contribution < 1.29 is 15.0 Å². The number of anilines is 1. The number of halogens is 1. The van der Waals surface area contributed by atoms with Crippen molar-refractivity contribution in [1.29, 1.82) is 0 Å². The second-order valence-electron chi connectivity index (χ2n) is 5.58. The summed E-state index contributed by atoms with van der Waals surface area (Å²) in [6.45, 7) is 1.99. The lowest BCUT2D eigenvalue weighted by atomic mass is 10.1. The first kappa shape index (κ1) is 15.1. The van der Waals surface area contributed by atoms with Crippen LogP contribution in [0.15, 0.2) is 24.3 Å². The highest BCUT2D eigenvalue weighted by Gasteiger charge is 2.23. The van der Waals surface area contributed by atoms with Gasteiger partial charge >= 0.3 is 5.97 Å². The van der Waals surface area contributed by atoms with Gasteiger partial charge in [-0.3, -0.25) is 0 Å². The van der Waals surface area contributed by atoms with Gasteiger partial charge in [0.15, 0.2) is 0 Å². The molecule has 1 unspecified atom stereocenters. The first-order valence-corrected chi connectivity index (χ1v) is 7.66. The van der Waals surface area contributed by atoms with Gasteiger partial charge in [0.05, 0.1) is 16.1 Å². The zero-order chi connectivity index (χ0) is 15.7. The summed E-state index contributed by atoms with van der Waals surface area (Å²) in [6.07, 6.45) is 1.85. The molecule has 0 bridgehead atoms. The Morgan fingerprint density at radius 2 is 2.18 bits per heavy atom. The van der Waals surface area contributed by atoms with Crippen LogP contribution in [0, 0.1) is 5.92 Å². The number of nitrogens with zero attached hydrogens (tertiary/aromatic N) is 2. The Balaban J connectivity index is 1.94. The van der Waals surface area contributed by atoms with Crippen molar-refractivity contribution in [3.63, 3.8) is 0 Å².